The molecule has 1 aromatic carbocycles. The maximum atomic E-state index is 12.8. The smallest absolute Gasteiger partial charge is 0.229 e. The first-order valence-electron chi connectivity index (χ1n) is 9.29. The van der Waals surface area contributed by atoms with Crippen LogP contribution in [0.1, 0.15) is 38.2 Å². The van der Waals surface area contributed by atoms with Gasteiger partial charge in [-0.2, -0.15) is 0 Å². The molecule has 1 amide bonds. The van der Waals surface area contributed by atoms with Crippen molar-refractivity contribution in [3.63, 3.8) is 0 Å². The fourth-order valence-corrected chi connectivity index (χ4v) is 3.53. The highest BCUT2D eigenvalue weighted by atomic mass is 35.5. The molecule has 8 heteroatoms. The van der Waals surface area contributed by atoms with E-state index in [1.165, 1.54) is 0 Å². The quantitative estimate of drug-likeness (QED) is 0.694. The summed E-state index contributed by atoms with van der Waals surface area (Å²) in [4.78, 5) is 16.8. The first kappa shape index (κ1) is 25.0. The normalized spacial score (nSPS) is 20.6. The van der Waals surface area contributed by atoms with Crippen molar-refractivity contribution in [3.8, 4) is 11.5 Å². The van der Waals surface area contributed by atoms with Crippen LogP contribution in [0.25, 0.3) is 0 Å². The maximum absolute atomic E-state index is 12.8. The molecule has 160 valence electrons. The molecule has 3 rings (SSSR count). The number of benzene rings is 1. The Morgan fingerprint density at radius 1 is 1.28 bits per heavy atom. The van der Waals surface area contributed by atoms with Gasteiger partial charge in [0.2, 0.25) is 5.91 Å². The van der Waals surface area contributed by atoms with Gasteiger partial charge in [-0.25, -0.2) is 0 Å². The Morgan fingerprint density at radius 3 is 2.72 bits per heavy atom. The van der Waals surface area contributed by atoms with E-state index in [4.69, 9.17) is 15.2 Å². The Morgan fingerprint density at radius 2 is 2.07 bits per heavy atom. The van der Waals surface area contributed by atoms with Crippen LogP contribution in [-0.4, -0.2) is 23.5 Å². The van der Waals surface area contributed by atoms with E-state index in [9.17, 15) is 4.79 Å². The fourth-order valence-electron chi connectivity index (χ4n) is 3.53. The number of methoxy groups -OCH3 is 1. The summed E-state index contributed by atoms with van der Waals surface area (Å²) in [6.45, 7) is 2.33. The second kappa shape index (κ2) is 11.2. The van der Waals surface area contributed by atoms with Crippen molar-refractivity contribution in [3.05, 3.63) is 48.3 Å². The van der Waals surface area contributed by atoms with Crippen molar-refractivity contribution in [2.24, 2.45) is 11.7 Å². The third-order valence-corrected chi connectivity index (χ3v) is 5.12. The molecular formula is C21H29Cl2N3O3. The average molecular weight is 442 g/mol. The van der Waals surface area contributed by atoms with Gasteiger partial charge in [-0.3, -0.25) is 9.78 Å². The van der Waals surface area contributed by atoms with E-state index in [2.05, 4.69) is 10.3 Å². The molecule has 0 radical (unpaired) electrons. The van der Waals surface area contributed by atoms with E-state index in [1.807, 2.05) is 25.1 Å². The predicted molar refractivity (Wildman–Crippen MR) is 119 cm³/mol. The van der Waals surface area contributed by atoms with Crippen molar-refractivity contribution in [1.82, 2.24) is 4.98 Å². The van der Waals surface area contributed by atoms with Crippen molar-refractivity contribution >= 4 is 36.4 Å². The van der Waals surface area contributed by atoms with Gasteiger partial charge in [0.25, 0.3) is 0 Å². The minimum atomic E-state index is -0.464. The average Bonchev–Trinajstić information content (AvgIpc) is 2.67. The number of amides is 1. The van der Waals surface area contributed by atoms with Crippen LogP contribution in [0, 0.1) is 5.92 Å². The number of hydrogen-bond acceptors (Lipinski definition) is 5. The zero-order chi connectivity index (χ0) is 19.3. The fraction of sp³-hybridized carbons (Fsp3) is 0.429. The second-order valence-corrected chi connectivity index (χ2v) is 7.31. The zero-order valence-corrected chi connectivity index (χ0v) is 18.4. The third kappa shape index (κ3) is 6.49. The highest BCUT2D eigenvalue weighted by molar-refractivity contribution is 5.93. The summed E-state index contributed by atoms with van der Waals surface area (Å²) in [5.41, 5.74) is 7.51. The highest BCUT2D eigenvalue weighted by Crippen LogP contribution is 2.34. The number of aromatic nitrogens is 1. The zero-order valence-electron chi connectivity index (χ0n) is 16.7. The number of nitrogens with one attached hydrogen (secondary N) is 1. The van der Waals surface area contributed by atoms with E-state index >= 15 is 0 Å². The number of carbonyl (C=O) groups excluding carboxylic acids is 1. The molecule has 1 fully saturated rings. The molecule has 0 bridgehead atoms. The minimum absolute atomic E-state index is 0. The number of nitrogens with zero attached hydrogens (tertiary/aromatic N) is 1. The standard InChI is InChI=1S/C21H27N3O3.2ClH/c1-21(22)10-4-3-7-17(21)20(25)24-16-8-9-18(26-2)19(12-16)27-14-15-6-5-11-23-13-15;;/h5-6,8-9,11-13,17H,3-4,7,10,14,22H2,1-2H3,(H,24,25);2*1H. The van der Waals surface area contributed by atoms with Gasteiger partial charge in [0.1, 0.15) is 6.61 Å². The Hall–Kier alpha value is -2.02. The summed E-state index contributed by atoms with van der Waals surface area (Å²) < 4.78 is 11.3. The van der Waals surface area contributed by atoms with Crippen LogP contribution in [0.2, 0.25) is 0 Å². The molecule has 2 unspecified atom stereocenters. The summed E-state index contributed by atoms with van der Waals surface area (Å²) in [6.07, 6.45) is 7.27. The molecule has 6 nitrogen and oxygen atoms in total. The van der Waals surface area contributed by atoms with Crippen LogP contribution in [-0.2, 0) is 11.4 Å². The summed E-state index contributed by atoms with van der Waals surface area (Å²) in [5.74, 6) is 0.952. The number of halogens is 2. The Labute approximate surface area is 184 Å². The van der Waals surface area contributed by atoms with Gasteiger partial charge in [0.15, 0.2) is 11.5 Å². The van der Waals surface area contributed by atoms with Crippen LogP contribution in [0.4, 0.5) is 5.69 Å². The molecular weight excluding hydrogens is 413 g/mol. The topological polar surface area (TPSA) is 86.5 Å². The highest BCUT2D eigenvalue weighted by Gasteiger charge is 2.37. The van der Waals surface area contributed by atoms with Crippen molar-refractivity contribution in [2.75, 3.05) is 12.4 Å². The lowest BCUT2D eigenvalue weighted by Crippen LogP contribution is -2.51. The van der Waals surface area contributed by atoms with Gasteiger partial charge >= 0.3 is 0 Å². The number of hydrogen-bond donors (Lipinski definition) is 2. The molecule has 29 heavy (non-hydrogen) atoms. The molecule has 0 spiro atoms. The van der Waals surface area contributed by atoms with Gasteiger partial charge < -0.3 is 20.5 Å². The molecule has 1 heterocycles. The second-order valence-electron chi connectivity index (χ2n) is 7.31. The van der Waals surface area contributed by atoms with Gasteiger partial charge in [-0.05, 0) is 38.0 Å². The summed E-state index contributed by atoms with van der Waals surface area (Å²) >= 11 is 0. The lowest BCUT2D eigenvalue weighted by atomic mass is 9.74. The summed E-state index contributed by atoms with van der Waals surface area (Å²) in [6, 6.07) is 9.18. The van der Waals surface area contributed by atoms with E-state index < -0.39 is 5.54 Å². The number of nitrogens with two attached hydrogens (primary N) is 1. The molecule has 0 saturated heterocycles. The first-order valence-corrected chi connectivity index (χ1v) is 9.29. The third-order valence-electron chi connectivity index (χ3n) is 5.12. The number of pyridine rings is 1. The van der Waals surface area contributed by atoms with Crippen LogP contribution in [0.15, 0.2) is 42.7 Å². The van der Waals surface area contributed by atoms with Crippen molar-refractivity contribution < 1.29 is 14.3 Å². The molecule has 1 aromatic heterocycles. The van der Waals surface area contributed by atoms with Gasteiger partial charge in [-0.15, -0.1) is 24.8 Å². The van der Waals surface area contributed by atoms with E-state index in [-0.39, 0.29) is 36.6 Å². The monoisotopic (exact) mass is 441 g/mol. The molecule has 1 aliphatic rings. The molecule has 2 aromatic rings. The van der Waals surface area contributed by atoms with Crippen molar-refractivity contribution in [2.45, 2.75) is 44.8 Å². The molecule has 3 N–H and O–H groups in total. The van der Waals surface area contributed by atoms with Crippen LogP contribution >= 0.6 is 24.8 Å². The maximum Gasteiger partial charge on any atom is 0.229 e. The van der Waals surface area contributed by atoms with Crippen LogP contribution < -0.4 is 20.5 Å². The largest absolute Gasteiger partial charge is 0.493 e. The Bertz CT molecular complexity index is 788. The van der Waals surface area contributed by atoms with Gasteiger partial charge in [-0.1, -0.05) is 18.9 Å². The number of rotatable bonds is 6. The summed E-state index contributed by atoms with van der Waals surface area (Å²) in [7, 11) is 1.59. The first-order chi connectivity index (χ1) is 13.0. The van der Waals surface area contributed by atoms with Crippen LogP contribution in [0.5, 0.6) is 11.5 Å². The predicted octanol–water partition coefficient (Wildman–Crippen LogP) is 4.36. The number of anilines is 1. The number of ether oxygens (including phenoxy) is 2. The molecule has 2 atom stereocenters. The molecule has 0 aliphatic heterocycles. The SMILES string of the molecule is COc1ccc(NC(=O)C2CCCCC2(C)N)cc1OCc1cccnc1.Cl.Cl. The van der Waals surface area contributed by atoms with Gasteiger partial charge in [0, 0.05) is 35.2 Å². The minimum Gasteiger partial charge on any atom is -0.493 e. The van der Waals surface area contributed by atoms with E-state index in [1.54, 1.807) is 31.6 Å². The Balaban J connectivity index is 0.00000210. The van der Waals surface area contributed by atoms with Crippen LogP contribution in [0.3, 0.4) is 0 Å². The lowest BCUT2D eigenvalue weighted by molar-refractivity contribution is -0.122. The number of carbonyl (C=O) groups is 1. The van der Waals surface area contributed by atoms with E-state index in [0.717, 1.165) is 31.2 Å². The van der Waals surface area contributed by atoms with Crippen molar-refractivity contribution in [1.29, 1.82) is 0 Å². The van der Waals surface area contributed by atoms with E-state index in [0.29, 0.717) is 23.8 Å². The Kier molecular flexibility index (Phi) is 9.70. The summed E-state index contributed by atoms with van der Waals surface area (Å²) in [5, 5.41) is 2.99. The van der Waals surface area contributed by atoms with Gasteiger partial charge in [0.05, 0.1) is 13.0 Å². The molecule has 1 saturated carbocycles. The lowest BCUT2D eigenvalue weighted by Gasteiger charge is -2.37. The molecule has 1 aliphatic carbocycles.